The smallest absolute Gasteiger partial charge is 0.322 e. The van der Waals surface area contributed by atoms with Crippen LogP contribution in [0, 0.1) is 0 Å². The molecule has 0 spiro atoms. The molecule has 0 bridgehead atoms. The van der Waals surface area contributed by atoms with Crippen LogP contribution in [0.5, 0.6) is 0 Å². The lowest BCUT2D eigenvalue weighted by Crippen LogP contribution is -2.47. The number of carboxylic acids is 1. The van der Waals surface area contributed by atoms with Gasteiger partial charge in [0.1, 0.15) is 6.54 Å². The molecule has 0 aliphatic carbocycles. The molecule has 5 heteroatoms. The van der Waals surface area contributed by atoms with E-state index >= 15 is 0 Å². The maximum Gasteiger partial charge on any atom is 0.322 e. The molecule has 1 saturated heterocycles. The Bertz CT molecular complexity index is 200. The van der Waals surface area contributed by atoms with E-state index in [2.05, 4.69) is 10.6 Å². The Morgan fingerprint density at radius 2 is 2.23 bits per heavy atom. The Balaban J connectivity index is 2.25. The lowest BCUT2D eigenvalue weighted by Gasteiger charge is -2.21. The van der Waals surface area contributed by atoms with Crippen molar-refractivity contribution in [2.75, 3.05) is 13.1 Å². The van der Waals surface area contributed by atoms with Crippen molar-refractivity contribution >= 4 is 11.9 Å². The molecule has 1 fully saturated rings. The van der Waals surface area contributed by atoms with Gasteiger partial charge in [0.05, 0.1) is 6.04 Å². The van der Waals surface area contributed by atoms with Crippen molar-refractivity contribution in [1.82, 2.24) is 10.6 Å². The van der Waals surface area contributed by atoms with Gasteiger partial charge in [0.25, 0.3) is 0 Å². The highest BCUT2D eigenvalue weighted by Crippen LogP contribution is 2.06. The molecule has 1 rings (SSSR count). The van der Waals surface area contributed by atoms with Crippen molar-refractivity contribution in [2.24, 2.45) is 0 Å². The van der Waals surface area contributed by atoms with Crippen LogP contribution in [0.1, 0.15) is 19.3 Å². The molecule has 3 N–H and O–H groups in total. The van der Waals surface area contributed by atoms with Gasteiger partial charge in [-0.15, -0.1) is 0 Å². The minimum absolute atomic E-state index is 0.201. The lowest BCUT2D eigenvalue weighted by atomic mass is 10.0. The zero-order chi connectivity index (χ0) is 9.68. The fourth-order valence-corrected chi connectivity index (χ4v) is 1.36. The summed E-state index contributed by atoms with van der Waals surface area (Å²) in [5, 5.41) is 13.7. The van der Waals surface area contributed by atoms with Crippen LogP contribution in [-0.4, -0.2) is 36.1 Å². The number of hydrogen-bond donors (Lipinski definition) is 3. The minimum atomic E-state index is -1.01. The Labute approximate surface area is 76.5 Å². The summed E-state index contributed by atoms with van der Waals surface area (Å²) in [6, 6.07) is -0.201. The van der Waals surface area contributed by atoms with E-state index in [1.807, 2.05) is 0 Å². The second kappa shape index (κ2) is 4.81. The number of nitrogens with one attached hydrogen (secondary N) is 2. The van der Waals surface area contributed by atoms with Gasteiger partial charge in [0.15, 0.2) is 0 Å². The Hall–Kier alpha value is -1.10. The monoisotopic (exact) mass is 186 g/mol. The van der Waals surface area contributed by atoms with Crippen molar-refractivity contribution in [3.8, 4) is 0 Å². The summed E-state index contributed by atoms with van der Waals surface area (Å²) in [4.78, 5) is 21.4. The van der Waals surface area contributed by atoms with Crippen LogP contribution in [0.3, 0.4) is 0 Å². The van der Waals surface area contributed by atoms with E-state index in [-0.39, 0.29) is 18.5 Å². The van der Waals surface area contributed by atoms with Gasteiger partial charge in [0, 0.05) is 0 Å². The molecule has 74 valence electrons. The van der Waals surface area contributed by atoms with Crippen molar-refractivity contribution in [3.05, 3.63) is 0 Å². The predicted octanol–water partition coefficient (Wildman–Crippen LogP) is -0.671. The summed E-state index contributed by atoms with van der Waals surface area (Å²) < 4.78 is 0. The van der Waals surface area contributed by atoms with Crippen LogP contribution in [-0.2, 0) is 9.59 Å². The molecule has 0 saturated carbocycles. The zero-order valence-electron chi connectivity index (χ0n) is 7.38. The van der Waals surface area contributed by atoms with E-state index in [0.717, 1.165) is 25.8 Å². The van der Waals surface area contributed by atoms with E-state index in [9.17, 15) is 9.59 Å². The first kappa shape index (κ1) is 9.98. The number of aliphatic carboxylic acids is 1. The van der Waals surface area contributed by atoms with Crippen molar-refractivity contribution in [3.63, 3.8) is 0 Å². The van der Waals surface area contributed by atoms with E-state index in [4.69, 9.17) is 5.11 Å². The molecule has 1 atom stereocenters. The molecule has 1 amide bonds. The number of amides is 1. The standard InChI is InChI=1S/C8H14N2O3/c11-7(12)5-10-8(13)6-3-1-2-4-9-6/h6,9H,1-5H2,(H,10,13)(H,11,12)/t6-/m1/s1. The number of piperidine rings is 1. The molecule has 13 heavy (non-hydrogen) atoms. The van der Waals surface area contributed by atoms with E-state index < -0.39 is 5.97 Å². The third-order valence-electron chi connectivity index (χ3n) is 2.04. The summed E-state index contributed by atoms with van der Waals surface area (Å²) in [5.41, 5.74) is 0. The zero-order valence-corrected chi connectivity index (χ0v) is 7.38. The summed E-state index contributed by atoms with van der Waals surface area (Å²) in [5.74, 6) is -1.22. The van der Waals surface area contributed by atoms with Gasteiger partial charge in [-0.05, 0) is 19.4 Å². The van der Waals surface area contributed by atoms with E-state index in [1.165, 1.54) is 0 Å². The van der Waals surface area contributed by atoms with Gasteiger partial charge in [-0.1, -0.05) is 6.42 Å². The molecule has 0 aromatic rings. The molecule has 0 radical (unpaired) electrons. The minimum Gasteiger partial charge on any atom is -0.480 e. The Kier molecular flexibility index (Phi) is 3.70. The first-order valence-electron chi connectivity index (χ1n) is 4.43. The first-order chi connectivity index (χ1) is 6.20. The molecule has 0 unspecified atom stereocenters. The molecule has 5 nitrogen and oxygen atoms in total. The highest BCUT2D eigenvalue weighted by Gasteiger charge is 2.20. The average molecular weight is 186 g/mol. The summed E-state index contributed by atoms with van der Waals surface area (Å²) in [6.45, 7) is 0.544. The second-order valence-electron chi connectivity index (χ2n) is 3.11. The maximum atomic E-state index is 11.3. The van der Waals surface area contributed by atoms with Crippen LogP contribution in [0.25, 0.3) is 0 Å². The van der Waals surface area contributed by atoms with E-state index in [1.54, 1.807) is 0 Å². The maximum absolute atomic E-state index is 11.3. The molecule has 1 heterocycles. The average Bonchev–Trinajstić information content (AvgIpc) is 2.15. The van der Waals surface area contributed by atoms with Crippen LogP contribution >= 0.6 is 0 Å². The third-order valence-corrected chi connectivity index (χ3v) is 2.04. The quantitative estimate of drug-likeness (QED) is 0.546. The fraction of sp³-hybridized carbons (Fsp3) is 0.750. The van der Waals surface area contributed by atoms with Gasteiger partial charge in [-0.2, -0.15) is 0 Å². The first-order valence-corrected chi connectivity index (χ1v) is 4.43. The molecular weight excluding hydrogens is 172 g/mol. The lowest BCUT2D eigenvalue weighted by molar-refractivity contribution is -0.138. The number of carboxylic acid groups (broad SMARTS) is 1. The highest BCUT2D eigenvalue weighted by molar-refractivity contribution is 5.85. The van der Waals surface area contributed by atoms with Crippen LogP contribution in [0.15, 0.2) is 0 Å². The largest absolute Gasteiger partial charge is 0.480 e. The van der Waals surface area contributed by atoms with Crippen LogP contribution in [0.4, 0.5) is 0 Å². The molecular formula is C8H14N2O3. The van der Waals surface area contributed by atoms with Gasteiger partial charge < -0.3 is 15.7 Å². The predicted molar refractivity (Wildman–Crippen MR) is 46.3 cm³/mol. The Morgan fingerprint density at radius 1 is 1.46 bits per heavy atom. The Morgan fingerprint density at radius 3 is 2.77 bits per heavy atom. The van der Waals surface area contributed by atoms with E-state index in [0.29, 0.717) is 0 Å². The molecule has 0 aromatic heterocycles. The van der Waals surface area contributed by atoms with Gasteiger partial charge in [0.2, 0.25) is 5.91 Å². The van der Waals surface area contributed by atoms with Crippen molar-refractivity contribution in [1.29, 1.82) is 0 Å². The van der Waals surface area contributed by atoms with Gasteiger partial charge >= 0.3 is 5.97 Å². The van der Waals surface area contributed by atoms with Crippen LogP contribution < -0.4 is 10.6 Å². The summed E-state index contributed by atoms with van der Waals surface area (Å²) in [6.07, 6.45) is 2.91. The molecule has 1 aliphatic rings. The molecule has 0 aromatic carbocycles. The summed E-state index contributed by atoms with van der Waals surface area (Å²) in [7, 11) is 0. The third kappa shape index (κ3) is 3.42. The van der Waals surface area contributed by atoms with Crippen molar-refractivity contribution < 1.29 is 14.7 Å². The number of rotatable bonds is 3. The van der Waals surface area contributed by atoms with Crippen LogP contribution in [0.2, 0.25) is 0 Å². The topological polar surface area (TPSA) is 78.4 Å². The van der Waals surface area contributed by atoms with Gasteiger partial charge in [-0.3, -0.25) is 9.59 Å². The fourth-order valence-electron chi connectivity index (χ4n) is 1.36. The number of carbonyl (C=O) groups is 2. The normalized spacial score (nSPS) is 22.3. The SMILES string of the molecule is O=C(O)CNC(=O)[C@H]1CCCCN1. The number of carbonyl (C=O) groups excluding carboxylic acids is 1. The molecule has 1 aliphatic heterocycles. The highest BCUT2D eigenvalue weighted by atomic mass is 16.4. The number of hydrogen-bond acceptors (Lipinski definition) is 3. The summed E-state index contributed by atoms with van der Waals surface area (Å²) >= 11 is 0. The second-order valence-corrected chi connectivity index (χ2v) is 3.11. The van der Waals surface area contributed by atoms with Gasteiger partial charge in [-0.25, -0.2) is 0 Å². The van der Waals surface area contributed by atoms with Crippen molar-refractivity contribution in [2.45, 2.75) is 25.3 Å².